The van der Waals surface area contributed by atoms with Gasteiger partial charge < -0.3 is 15.2 Å². The minimum Gasteiger partial charge on any atom is -0.495 e. The van der Waals surface area contributed by atoms with Crippen LogP contribution in [0.3, 0.4) is 0 Å². The van der Waals surface area contributed by atoms with Gasteiger partial charge >= 0.3 is 5.97 Å². The molecule has 1 fully saturated rings. The molecule has 6 heteroatoms. The molecule has 0 spiro atoms. The highest BCUT2D eigenvalue weighted by Crippen LogP contribution is 2.28. The van der Waals surface area contributed by atoms with Crippen LogP contribution in [-0.2, 0) is 4.79 Å². The van der Waals surface area contributed by atoms with Gasteiger partial charge in [-0.1, -0.05) is 0 Å². The van der Waals surface area contributed by atoms with Crippen molar-refractivity contribution >= 4 is 23.2 Å². The number of amides is 1. The van der Waals surface area contributed by atoms with Gasteiger partial charge in [-0.15, -0.1) is 11.3 Å². The first-order valence-electron chi connectivity index (χ1n) is 5.77. The van der Waals surface area contributed by atoms with E-state index < -0.39 is 5.97 Å². The smallest absolute Gasteiger partial charge is 0.306 e. The molecule has 1 aliphatic carbocycles. The lowest BCUT2D eigenvalue weighted by atomic mass is 10.1. The Morgan fingerprint density at radius 2 is 2.28 bits per heavy atom. The Kier molecular flexibility index (Phi) is 3.86. The second kappa shape index (κ2) is 5.39. The van der Waals surface area contributed by atoms with Gasteiger partial charge in [-0.2, -0.15) is 0 Å². The van der Waals surface area contributed by atoms with Gasteiger partial charge in [0.05, 0.1) is 13.0 Å². The largest absolute Gasteiger partial charge is 0.495 e. The molecule has 0 aromatic carbocycles. The van der Waals surface area contributed by atoms with Gasteiger partial charge in [0.15, 0.2) is 0 Å². The number of methoxy groups -OCH3 is 1. The molecular weight excluding hydrogens is 254 g/mol. The van der Waals surface area contributed by atoms with Gasteiger partial charge in [0.2, 0.25) is 0 Å². The second-order valence-electron chi connectivity index (χ2n) is 4.34. The summed E-state index contributed by atoms with van der Waals surface area (Å²) in [6.45, 7) is 0. The van der Waals surface area contributed by atoms with Crippen molar-refractivity contribution in [3.63, 3.8) is 0 Å². The number of carboxylic acids is 1. The van der Waals surface area contributed by atoms with Gasteiger partial charge in [0.25, 0.3) is 5.91 Å². The molecule has 2 unspecified atom stereocenters. The summed E-state index contributed by atoms with van der Waals surface area (Å²) >= 11 is 1.32. The molecule has 18 heavy (non-hydrogen) atoms. The third-order valence-electron chi connectivity index (χ3n) is 3.17. The molecule has 2 rings (SSSR count). The fraction of sp³-hybridized carbons (Fsp3) is 0.500. The Bertz CT molecular complexity index is 457. The molecule has 0 saturated heterocycles. The van der Waals surface area contributed by atoms with E-state index in [-0.39, 0.29) is 17.9 Å². The van der Waals surface area contributed by atoms with E-state index in [9.17, 15) is 9.59 Å². The molecular formula is C12H15NO4S. The van der Waals surface area contributed by atoms with Crippen molar-refractivity contribution in [3.05, 3.63) is 16.3 Å². The van der Waals surface area contributed by atoms with Gasteiger partial charge in [0, 0.05) is 6.04 Å². The summed E-state index contributed by atoms with van der Waals surface area (Å²) in [5.74, 6) is -0.732. The SMILES string of the molecule is COc1ccsc1C(=O)NC1CCC(C(=O)O)C1. The molecule has 1 aromatic heterocycles. The summed E-state index contributed by atoms with van der Waals surface area (Å²) < 4.78 is 5.09. The van der Waals surface area contributed by atoms with Crippen molar-refractivity contribution in [2.75, 3.05) is 7.11 Å². The van der Waals surface area contributed by atoms with E-state index in [4.69, 9.17) is 9.84 Å². The fourth-order valence-corrected chi connectivity index (χ4v) is 2.97. The zero-order valence-corrected chi connectivity index (χ0v) is 10.8. The molecule has 2 atom stereocenters. The van der Waals surface area contributed by atoms with E-state index in [1.807, 2.05) is 0 Å². The van der Waals surface area contributed by atoms with Crippen molar-refractivity contribution in [1.29, 1.82) is 0 Å². The van der Waals surface area contributed by atoms with Crippen molar-refractivity contribution in [1.82, 2.24) is 5.32 Å². The summed E-state index contributed by atoms with van der Waals surface area (Å²) in [5, 5.41) is 13.6. The van der Waals surface area contributed by atoms with E-state index in [2.05, 4.69) is 5.32 Å². The van der Waals surface area contributed by atoms with E-state index in [0.29, 0.717) is 23.5 Å². The molecule has 1 heterocycles. The van der Waals surface area contributed by atoms with Crippen LogP contribution >= 0.6 is 11.3 Å². The van der Waals surface area contributed by atoms with Crippen LogP contribution in [-0.4, -0.2) is 30.1 Å². The van der Waals surface area contributed by atoms with Crippen LogP contribution in [0, 0.1) is 5.92 Å². The second-order valence-corrected chi connectivity index (χ2v) is 5.25. The van der Waals surface area contributed by atoms with Crippen LogP contribution in [0.2, 0.25) is 0 Å². The van der Waals surface area contributed by atoms with Gasteiger partial charge in [-0.3, -0.25) is 9.59 Å². The Morgan fingerprint density at radius 1 is 1.50 bits per heavy atom. The molecule has 1 saturated carbocycles. The molecule has 1 amide bonds. The summed E-state index contributed by atoms with van der Waals surface area (Å²) in [7, 11) is 1.52. The molecule has 0 aliphatic heterocycles. The monoisotopic (exact) mass is 269 g/mol. The maximum atomic E-state index is 12.0. The topological polar surface area (TPSA) is 75.6 Å². The highest BCUT2D eigenvalue weighted by molar-refractivity contribution is 7.12. The number of rotatable bonds is 4. The van der Waals surface area contributed by atoms with Gasteiger partial charge in [-0.05, 0) is 30.7 Å². The Balaban J connectivity index is 1.95. The molecule has 2 N–H and O–H groups in total. The highest BCUT2D eigenvalue weighted by Gasteiger charge is 2.31. The van der Waals surface area contributed by atoms with Crippen LogP contribution in [0.15, 0.2) is 11.4 Å². The lowest BCUT2D eigenvalue weighted by molar-refractivity contribution is -0.141. The number of ether oxygens (including phenoxy) is 1. The van der Waals surface area contributed by atoms with E-state index >= 15 is 0 Å². The van der Waals surface area contributed by atoms with Crippen molar-refractivity contribution in [2.24, 2.45) is 5.92 Å². The van der Waals surface area contributed by atoms with Crippen LogP contribution in [0.4, 0.5) is 0 Å². The average molecular weight is 269 g/mol. The lowest BCUT2D eigenvalue weighted by Crippen LogP contribution is -2.33. The number of carbonyl (C=O) groups excluding carboxylic acids is 1. The quantitative estimate of drug-likeness (QED) is 0.873. The highest BCUT2D eigenvalue weighted by atomic mass is 32.1. The summed E-state index contributed by atoms with van der Waals surface area (Å²) in [4.78, 5) is 23.4. The lowest BCUT2D eigenvalue weighted by Gasteiger charge is -2.12. The third-order valence-corrected chi connectivity index (χ3v) is 4.07. The number of aliphatic carboxylic acids is 1. The maximum absolute atomic E-state index is 12.0. The molecule has 0 bridgehead atoms. The third kappa shape index (κ3) is 2.64. The average Bonchev–Trinajstić information content (AvgIpc) is 2.96. The van der Waals surface area contributed by atoms with E-state index in [1.165, 1.54) is 18.4 Å². The predicted molar refractivity (Wildman–Crippen MR) is 67.1 cm³/mol. The van der Waals surface area contributed by atoms with Crippen LogP contribution in [0.5, 0.6) is 5.75 Å². The number of nitrogens with one attached hydrogen (secondary N) is 1. The Morgan fingerprint density at radius 3 is 2.89 bits per heavy atom. The van der Waals surface area contributed by atoms with Crippen LogP contribution in [0.25, 0.3) is 0 Å². The number of carboxylic acid groups (broad SMARTS) is 1. The predicted octanol–water partition coefficient (Wildman–Crippen LogP) is 1.74. The number of thiophene rings is 1. The molecule has 1 aromatic rings. The first kappa shape index (κ1) is 12.9. The maximum Gasteiger partial charge on any atom is 0.306 e. The Hall–Kier alpha value is -1.56. The Labute approximate surface area is 109 Å². The first-order chi connectivity index (χ1) is 8.61. The standard InChI is InChI=1S/C12H15NO4S/c1-17-9-4-5-18-10(9)11(14)13-8-3-2-7(6-8)12(15)16/h4-5,7-8H,2-3,6H2,1H3,(H,13,14)(H,15,16). The van der Waals surface area contributed by atoms with Crippen molar-refractivity contribution < 1.29 is 19.4 Å². The van der Waals surface area contributed by atoms with E-state index in [1.54, 1.807) is 11.4 Å². The first-order valence-corrected chi connectivity index (χ1v) is 6.65. The number of hydrogen-bond donors (Lipinski definition) is 2. The van der Waals surface area contributed by atoms with Crippen LogP contribution in [0.1, 0.15) is 28.9 Å². The summed E-state index contributed by atoms with van der Waals surface area (Å²) in [6, 6.07) is 1.69. The zero-order valence-electron chi connectivity index (χ0n) is 10.0. The summed E-state index contributed by atoms with van der Waals surface area (Å²) in [5.41, 5.74) is 0. The van der Waals surface area contributed by atoms with Crippen molar-refractivity contribution in [3.8, 4) is 5.75 Å². The normalized spacial score (nSPS) is 22.7. The fourth-order valence-electron chi connectivity index (χ4n) is 2.21. The molecule has 0 radical (unpaired) electrons. The minimum atomic E-state index is -0.777. The van der Waals surface area contributed by atoms with E-state index in [0.717, 1.165) is 6.42 Å². The summed E-state index contributed by atoms with van der Waals surface area (Å²) in [6.07, 6.45) is 1.85. The number of hydrogen-bond acceptors (Lipinski definition) is 4. The van der Waals surface area contributed by atoms with Gasteiger partial charge in [-0.25, -0.2) is 0 Å². The minimum absolute atomic E-state index is 0.0505. The number of carbonyl (C=O) groups is 2. The van der Waals surface area contributed by atoms with Gasteiger partial charge in [0.1, 0.15) is 10.6 Å². The van der Waals surface area contributed by atoms with Crippen molar-refractivity contribution in [2.45, 2.75) is 25.3 Å². The molecule has 98 valence electrons. The van der Waals surface area contributed by atoms with Crippen LogP contribution < -0.4 is 10.1 Å². The molecule has 1 aliphatic rings. The zero-order chi connectivity index (χ0) is 13.1. The molecule has 5 nitrogen and oxygen atoms in total.